The molecule has 94 valence electrons. The van der Waals surface area contributed by atoms with Crippen LogP contribution in [-0.2, 0) is 19.5 Å². The van der Waals surface area contributed by atoms with Crippen LogP contribution in [0.5, 0.6) is 0 Å². The van der Waals surface area contributed by atoms with Crippen LogP contribution in [0.25, 0.3) is 0 Å². The van der Waals surface area contributed by atoms with Crippen LogP contribution in [0.2, 0.25) is 0 Å². The molecule has 2 N–H and O–H groups in total. The quantitative estimate of drug-likeness (QED) is 0.738. The highest BCUT2D eigenvalue weighted by molar-refractivity contribution is 7.91. The summed E-state index contributed by atoms with van der Waals surface area (Å²) in [5, 5.41) is 8.33. The van der Waals surface area contributed by atoms with Crippen molar-refractivity contribution in [2.75, 3.05) is 17.8 Å². The van der Waals surface area contributed by atoms with Crippen LogP contribution < -0.4 is 5.48 Å². The minimum Gasteiger partial charge on any atom is -0.479 e. The summed E-state index contributed by atoms with van der Waals surface area (Å²) < 4.78 is 23.0. The number of rotatable bonds is 6. The van der Waals surface area contributed by atoms with E-state index >= 15 is 0 Å². The number of sulfone groups is 1. The van der Waals surface area contributed by atoms with Gasteiger partial charge in [-0.25, -0.2) is 13.2 Å². The number of benzene rings is 1. The zero-order valence-corrected chi connectivity index (χ0v) is 10.0. The lowest BCUT2D eigenvalue weighted by Gasteiger charge is -2.06. The molecule has 0 radical (unpaired) electrons. The van der Waals surface area contributed by atoms with Gasteiger partial charge in [0.15, 0.2) is 16.4 Å². The van der Waals surface area contributed by atoms with Crippen molar-refractivity contribution in [2.45, 2.75) is 11.8 Å². The van der Waals surface area contributed by atoms with E-state index in [-0.39, 0.29) is 10.6 Å². The van der Waals surface area contributed by atoms with Crippen molar-refractivity contribution in [3.05, 3.63) is 24.3 Å². The number of hydrogen-bond acceptors (Lipinski definition) is 5. The number of carbonyl (C=O) groups is 1. The summed E-state index contributed by atoms with van der Waals surface area (Å²) in [6, 6.07) is 5.88. The van der Waals surface area contributed by atoms with Gasteiger partial charge in [0, 0.05) is 0 Å². The van der Waals surface area contributed by atoms with E-state index in [0.29, 0.717) is 5.69 Å². The smallest absolute Gasteiger partial charge is 0.332 e. The summed E-state index contributed by atoms with van der Waals surface area (Å²) in [4.78, 5) is 15.0. The molecule has 7 heteroatoms. The molecule has 0 saturated carbocycles. The van der Waals surface area contributed by atoms with Gasteiger partial charge in [0.2, 0.25) is 0 Å². The van der Waals surface area contributed by atoms with Gasteiger partial charge in [-0.15, -0.1) is 0 Å². The maximum absolute atomic E-state index is 11.5. The number of carboxylic acids is 1. The molecule has 0 aliphatic rings. The number of anilines is 1. The van der Waals surface area contributed by atoms with Crippen molar-refractivity contribution in [2.24, 2.45) is 0 Å². The highest BCUT2D eigenvalue weighted by Gasteiger charge is 2.10. The molecule has 0 atom stereocenters. The average molecular weight is 259 g/mol. The Labute approximate surface area is 99.1 Å². The van der Waals surface area contributed by atoms with E-state index in [0.717, 1.165) is 0 Å². The fourth-order valence-corrected chi connectivity index (χ4v) is 1.96. The first-order chi connectivity index (χ1) is 7.95. The van der Waals surface area contributed by atoms with E-state index in [2.05, 4.69) is 10.3 Å². The van der Waals surface area contributed by atoms with Crippen LogP contribution in [0.15, 0.2) is 29.2 Å². The third-order valence-electron chi connectivity index (χ3n) is 1.98. The highest BCUT2D eigenvalue weighted by atomic mass is 32.2. The molecule has 1 aromatic carbocycles. The normalized spacial score (nSPS) is 11.1. The van der Waals surface area contributed by atoms with Gasteiger partial charge in [-0.05, 0) is 24.3 Å². The number of aliphatic carboxylic acids is 1. The fraction of sp³-hybridized carbons (Fsp3) is 0.300. The SMILES string of the molecule is CCS(=O)(=O)c1ccc(NOCC(=O)O)cc1. The Hall–Kier alpha value is -1.60. The summed E-state index contributed by atoms with van der Waals surface area (Å²) >= 11 is 0. The molecule has 0 fully saturated rings. The molecule has 0 saturated heterocycles. The fourth-order valence-electron chi connectivity index (χ4n) is 1.08. The molecule has 0 bridgehead atoms. The second-order valence-electron chi connectivity index (χ2n) is 3.21. The van der Waals surface area contributed by atoms with Crippen molar-refractivity contribution >= 4 is 21.5 Å². The van der Waals surface area contributed by atoms with Gasteiger partial charge in [0.05, 0.1) is 16.3 Å². The predicted octanol–water partition coefficient (Wildman–Crippen LogP) is 0.908. The first kappa shape index (κ1) is 13.5. The van der Waals surface area contributed by atoms with E-state index in [1.54, 1.807) is 6.92 Å². The van der Waals surface area contributed by atoms with Crippen LogP contribution in [0.4, 0.5) is 5.69 Å². The second kappa shape index (κ2) is 5.65. The molecule has 1 aromatic rings. The Balaban J connectivity index is 2.66. The Kier molecular flexibility index (Phi) is 4.47. The molecular formula is C10H13NO5S. The predicted molar refractivity (Wildman–Crippen MR) is 61.4 cm³/mol. The molecule has 0 heterocycles. The third-order valence-corrected chi connectivity index (χ3v) is 3.73. The molecule has 6 nitrogen and oxygen atoms in total. The molecule has 0 aliphatic carbocycles. The summed E-state index contributed by atoms with van der Waals surface area (Å²) in [7, 11) is -3.21. The molecule has 0 spiro atoms. The zero-order valence-electron chi connectivity index (χ0n) is 9.21. The van der Waals surface area contributed by atoms with Gasteiger partial charge in [0.1, 0.15) is 0 Å². The van der Waals surface area contributed by atoms with Gasteiger partial charge in [-0.2, -0.15) is 0 Å². The Morgan fingerprint density at radius 1 is 1.35 bits per heavy atom. The van der Waals surface area contributed by atoms with Gasteiger partial charge in [-0.1, -0.05) is 6.92 Å². The third kappa shape index (κ3) is 4.04. The monoisotopic (exact) mass is 259 g/mol. The van der Waals surface area contributed by atoms with Crippen LogP contribution in [-0.4, -0.2) is 31.9 Å². The highest BCUT2D eigenvalue weighted by Crippen LogP contribution is 2.15. The van der Waals surface area contributed by atoms with Crippen molar-refractivity contribution in [3.63, 3.8) is 0 Å². The van der Waals surface area contributed by atoms with Crippen LogP contribution in [0, 0.1) is 0 Å². The first-order valence-corrected chi connectivity index (χ1v) is 6.53. The lowest BCUT2D eigenvalue weighted by molar-refractivity contribution is -0.141. The summed E-state index contributed by atoms with van der Waals surface area (Å²) in [6.45, 7) is 1.09. The lowest BCUT2D eigenvalue weighted by Crippen LogP contribution is -2.11. The maximum Gasteiger partial charge on any atom is 0.332 e. The van der Waals surface area contributed by atoms with Crippen molar-refractivity contribution < 1.29 is 23.2 Å². The number of nitrogens with one attached hydrogen (secondary N) is 1. The summed E-state index contributed by atoms with van der Waals surface area (Å²) in [5.41, 5.74) is 2.88. The van der Waals surface area contributed by atoms with Gasteiger partial charge >= 0.3 is 5.97 Å². The molecule has 0 amide bonds. The topological polar surface area (TPSA) is 92.7 Å². The molecule has 17 heavy (non-hydrogen) atoms. The van der Waals surface area contributed by atoms with Crippen molar-refractivity contribution in [3.8, 4) is 0 Å². The van der Waals surface area contributed by atoms with E-state index in [9.17, 15) is 13.2 Å². The lowest BCUT2D eigenvalue weighted by atomic mass is 10.3. The van der Waals surface area contributed by atoms with Crippen LogP contribution >= 0.6 is 0 Å². The van der Waals surface area contributed by atoms with Crippen molar-refractivity contribution in [1.82, 2.24) is 0 Å². The van der Waals surface area contributed by atoms with Crippen LogP contribution in [0.3, 0.4) is 0 Å². The van der Waals surface area contributed by atoms with E-state index < -0.39 is 22.4 Å². The second-order valence-corrected chi connectivity index (χ2v) is 5.49. The van der Waals surface area contributed by atoms with Gasteiger partial charge in [0.25, 0.3) is 0 Å². The van der Waals surface area contributed by atoms with Crippen LogP contribution in [0.1, 0.15) is 6.92 Å². The average Bonchev–Trinajstić information content (AvgIpc) is 2.29. The Bertz CT molecular complexity index is 480. The summed E-state index contributed by atoms with van der Waals surface area (Å²) in [5.74, 6) is -1.06. The van der Waals surface area contributed by atoms with E-state index in [4.69, 9.17) is 5.11 Å². The van der Waals surface area contributed by atoms with Crippen molar-refractivity contribution in [1.29, 1.82) is 0 Å². The van der Waals surface area contributed by atoms with E-state index in [1.165, 1.54) is 24.3 Å². The Morgan fingerprint density at radius 2 is 1.94 bits per heavy atom. The molecule has 0 aliphatic heterocycles. The molecule has 0 aromatic heterocycles. The first-order valence-electron chi connectivity index (χ1n) is 4.88. The molecular weight excluding hydrogens is 246 g/mol. The van der Waals surface area contributed by atoms with Gasteiger partial charge in [-0.3, -0.25) is 10.3 Å². The minimum atomic E-state index is -3.21. The number of hydrogen-bond donors (Lipinski definition) is 2. The van der Waals surface area contributed by atoms with Gasteiger partial charge < -0.3 is 5.11 Å². The maximum atomic E-state index is 11.5. The standard InChI is InChI=1S/C10H13NO5S/c1-2-17(14,15)9-5-3-8(4-6-9)11-16-7-10(12)13/h3-6,11H,2,7H2,1H3,(H,12,13). The summed E-state index contributed by atoms with van der Waals surface area (Å²) in [6.07, 6.45) is 0. The molecule has 0 unspecified atom stereocenters. The minimum absolute atomic E-state index is 0.0370. The zero-order chi connectivity index (χ0) is 12.9. The van der Waals surface area contributed by atoms with E-state index in [1.807, 2.05) is 0 Å². The largest absolute Gasteiger partial charge is 0.479 e. The Morgan fingerprint density at radius 3 is 2.41 bits per heavy atom. The molecule has 1 rings (SSSR count). The number of carboxylic acid groups (broad SMARTS) is 1.